The Morgan fingerprint density at radius 2 is 2.17 bits per heavy atom. The summed E-state index contributed by atoms with van der Waals surface area (Å²) in [6.45, 7) is 2.46. The third-order valence-electron chi connectivity index (χ3n) is 5.42. The van der Waals surface area contributed by atoms with Crippen molar-refractivity contribution in [1.82, 2.24) is 20.2 Å². The summed E-state index contributed by atoms with van der Waals surface area (Å²) in [5, 5.41) is 7.82. The molecular weight excluding hydrogens is 300 g/mol. The molecule has 128 valence electrons. The predicted octanol–water partition coefficient (Wildman–Crippen LogP) is 2.56. The summed E-state index contributed by atoms with van der Waals surface area (Å²) in [5.74, 6) is 0.585. The van der Waals surface area contributed by atoms with Gasteiger partial charge < -0.3 is 15.2 Å². The Morgan fingerprint density at radius 3 is 2.96 bits per heavy atom. The first-order valence-electron chi connectivity index (χ1n) is 9.25. The van der Waals surface area contributed by atoms with E-state index in [-0.39, 0.29) is 5.91 Å². The lowest BCUT2D eigenvalue weighted by atomic mass is 9.96. The van der Waals surface area contributed by atoms with Crippen LogP contribution in [0.1, 0.15) is 50.1 Å². The van der Waals surface area contributed by atoms with E-state index in [1.807, 2.05) is 12.3 Å². The number of nitrogens with one attached hydrogen (secondary N) is 2. The van der Waals surface area contributed by atoms with Crippen molar-refractivity contribution in [2.24, 2.45) is 0 Å². The van der Waals surface area contributed by atoms with Crippen molar-refractivity contribution in [1.29, 1.82) is 0 Å². The first kappa shape index (κ1) is 15.6. The molecule has 2 aromatic rings. The van der Waals surface area contributed by atoms with Crippen LogP contribution in [0, 0.1) is 0 Å². The molecule has 0 spiro atoms. The van der Waals surface area contributed by atoms with Gasteiger partial charge in [-0.3, -0.25) is 4.79 Å². The maximum Gasteiger partial charge on any atom is 0.240 e. The monoisotopic (exact) mass is 326 g/mol. The Kier molecular flexibility index (Phi) is 4.52. The summed E-state index contributed by atoms with van der Waals surface area (Å²) in [7, 11) is 0. The smallest absolute Gasteiger partial charge is 0.240 e. The molecule has 5 heteroatoms. The van der Waals surface area contributed by atoms with E-state index >= 15 is 0 Å². The van der Waals surface area contributed by atoms with E-state index in [4.69, 9.17) is 0 Å². The van der Waals surface area contributed by atoms with Crippen LogP contribution in [0.25, 0.3) is 11.0 Å². The first-order chi connectivity index (χ1) is 11.8. The van der Waals surface area contributed by atoms with Gasteiger partial charge in [0.2, 0.25) is 5.91 Å². The number of carbonyl (C=O) groups is 1. The highest BCUT2D eigenvalue weighted by molar-refractivity contribution is 5.82. The van der Waals surface area contributed by atoms with Crippen molar-refractivity contribution < 1.29 is 4.79 Å². The molecule has 2 aromatic heterocycles. The molecule has 1 atom stereocenters. The van der Waals surface area contributed by atoms with E-state index in [0.29, 0.717) is 18.5 Å². The molecule has 0 bridgehead atoms. The lowest BCUT2D eigenvalue weighted by Gasteiger charge is -2.24. The van der Waals surface area contributed by atoms with Crippen LogP contribution in [0.2, 0.25) is 0 Å². The number of fused-ring (bicyclic) bond motifs is 1. The van der Waals surface area contributed by atoms with Gasteiger partial charge in [0.05, 0.1) is 0 Å². The Morgan fingerprint density at radius 1 is 1.29 bits per heavy atom. The van der Waals surface area contributed by atoms with Crippen molar-refractivity contribution in [2.45, 2.75) is 57.0 Å². The highest BCUT2D eigenvalue weighted by Gasteiger charge is 2.23. The molecule has 2 fully saturated rings. The van der Waals surface area contributed by atoms with Crippen molar-refractivity contribution in [3.63, 3.8) is 0 Å². The van der Waals surface area contributed by atoms with Crippen molar-refractivity contribution in [2.75, 3.05) is 13.1 Å². The van der Waals surface area contributed by atoms with Crippen LogP contribution in [0.5, 0.6) is 0 Å². The fourth-order valence-electron chi connectivity index (χ4n) is 4.20. The molecule has 4 rings (SSSR count). The van der Waals surface area contributed by atoms with Crippen LogP contribution in [0.4, 0.5) is 0 Å². The minimum Gasteiger partial charge on any atom is -0.352 e. The largest absolute Gasteiger partial charge is 0.352 e. The second-order valence-electron chi connectivity index (χ2n) is 7.16. The van der Waals surface area contributed by atoms with Crippen molar-refractivity contribution >= 4 is 16.9 Å². The molecule has 1 aliphatic heterocycles. The molecule has 2 aliphatic rings. The highest BCUT2D eigenvalue weighted by Crippen LogP contribution is 2.28. The lowest BCUT2D eigenvalue weighted by molar-refractivity contribution is -0.122. The quantitative estimate of drug-likeness (QED) is 0.908. The van der Waals surface area contributed by atoms with E-state index in [2.05, 4.69) is 32.3 Å². The van der Waals surface area contributed by atoms with Gasteiger partial charge in [0.1, 0.15) is 12.2 Å². The van der Waals surface area contributed by atoms with Crippen molar-refractivity contribution in [3.8, 4) is 0 Å². The molecule has 2 N–H and O–H groups in total. The van der Waals surface area contributed by atoms with Gasteiger partial charge in [-0.05, 0) is 50.4 Å². The minimum atomic E-state index is 0.120. The molecule has 1 unspecified atom stereocenters. The minimum absolute atomic E-state index is 0.120. The highest BCUT2D eigenvalue weighted by atomic mass is 16.2. The standard InChI is InChI=1S/C19H26N4O/c24-18(22-16-7-1-2-8-16)13-23-17(15-6-3-9-20-12-15)11-14-5-4-10-21-19(14)23/h4-5,10-11,15-16,20H,1-3,6-9,12-13H2,(H,22,24). The van der Waals surface area contributed by atoms with Gasteiger partial charge in [-0.15, -0.1) is 0 Å². The Balaban J connectivity index is 1.60. The average molecular weight is 326 g/mol. The van der Waals surface area contributed by atoms with Gasteiger partial charge in [-0.2, -0.15) is 0 Å². The first-order valence-corrected chi connectivity index (χ1v) is 9.25. The maximum absolute atomic E-state index is 12.6. The number of aromatic nitrogens is 2. The molecule has 0 aromatic carbocycles. The van der Waals surface area contributed by atoms with Gasteiger partial charge in [-0.25, -0.2) is 4.98 Å². The average Bonchev–Trinajstić information content (AvgIpc) is 3.24. The third kappa shape index (κ3) is 3.18. The maximum atomic E-state index is 12.6. The second kappa shape index (κ2) is 6.93. The normalized spacial score (nSPS) is 22.1. The van der Waals surface area contributed by atoms with Crippen LogP contribution in [-0.4, -0.2) is 34.6 Å². The summed E-state index contributed by atoms with van der Waals surface area (Å²) < 4.78 is 2.14. The fourth-order valence-corrected chi connectivity index (χ4v) is 4.20. The van der Waals surface area contributed by atoms with Gasteiger partial charge in [0, 0.05) is 35.8 Å². The second-order valence-corrected chi connectivity index (χ2v) is 7.16. The summed E-state index contributed by atoms with van der Waals surface area (Å²) in [4.78, 5) is 17.1. The third-order valence-corrected chi connectivity index (χ3v) is 5.42. The number of pyridine rings is 1. The Bertz CT molecular complexity index is 711. The lowest BCUT2D eigenvalue weighted by Crippen LogP contribution is -2.36. The van der Waals surface area contributed by atoms with Gasteiger partial charge in [0.25, 0.3) is 0 Å². The van der Waals surface area contributed by atoms with Crippen LogP contribution < -0.4 is 10.6 Å². The molecule has 1 aliphatic carbocycles. The SMILES string of the molecule is O=C(Cn1c(C2CCCNC2)cc2cccnc21)NC1CCCC1. The molecule has 3 heterocycles. The van der Waals surface area contributed by atoms with Gasteiger partial charge in [-0.1, -0.05) is 12.8 Å². The fraction of sp³-hybridized carbons (Fsp3) is 0.579. The molecule has 1 saturated carbocycles. The van der Waals surface area contributed by atoms with Crippen LogP contribution in [0.3, 0.4) is 0 Å². The Labute approximate surface area is 142 Å². The summed E-state index contributed by atoms with van der Waals surface area (Å²) >= 11 is 0. The predicted molar refractivity (Wildman–Crippen MR) is 95.0 cm³/mol. The molecule has 0 radical (unpaired) electrons. The van der Waals surface area contributed by atoms with E-state index in [1.54, 1.807) is 0 Å². The van der Waals surface area contributed by atoms with Crippen LogP contribution >= 0.6 is 0 Å². The zero-order valence-corrected chi connectivity index (χ0v) is 14.1. The van der Waals surface area contributed by atoms with E-state index in [0.717, 1.165) is 37.0 Å². The van der Waals surface area contributed by atoms with E-state index in [1.165, 1.54) is 31.4 Å². The van der Waals surface area contributed by atoms with Crippen molar-refractivity contribution in [3.05, 3.63) is 30.1 Å². The van der Waals surface area contributed by atoms with E-state index < -0.39 is 0 Å². The summed E-state index contributed by atoms with van der Waals surface area (Å²) in [6, 6.07) is 6.65. The number of hydrogen-bond acceptors (Lipinski definition) is 3. The number of rotatable bonds is 4. The van der Waals surface area contributed by atoms with E-state index in [9.17, 15) is 4.79 Å². The summed E-state index contributed by atoms with van der Waals surface area (Å²) in [6.07, 6.45) is 8.89. The molecule has 1 saturated heterocycles. The zero-order chi connectivity index (χ0) is 16.4. The van der Waals surface area contributed by atoms with Crippen LogP contribution in [-0.2, 0) is 11.3 Å². The number of hydrogen-bond donors (Lipinski definition) is 2. The van der Waals surface area contributed by atoms with Gasteiger partial charge >= 0.3 is 0 Å². The zero-order valence-electron chi connectivity index (χ0n) is 14.1. The molecular formula is C19H26N4O. The molecule has 1 amide bonds. The van der Waals surface area contributed by atoms with Crippen LogP contribution in [0.15, 0.2) is 24.4 Å². The summed E-state index contributed by atoms with van der Waals surface area (Å²) in [5.41, 5.74) is 2.18. The molecule has 24 heavy (non-hydrogen) atoms. The number of nitrogens with zero attached hydrogens (tertiary/aromatic N) is 2. The topological polar surface area (TPSA) is 59.0 Å². The number of piperidine rings is 1. The molecule has 5 nitrogen and oxygen atoms in total. The Hall–Kier alpha value is -1.88. The van der Waals surface area contributed by atoms with Gasteiger partial charge in [0.15, 0.2) is 0 Å². The number of amides is 1. The number of carbonyl (C=O) groups excluding carboxylic acids is 1.